The van der Waals surface area contributed by atoms with Crippen molar-refractivity contribution in [2.45, 2.75) is 25.2 Å². The molecule has 3 N–H and O–H groups in total. The Labute approximate surface area is 76.5 Å². The summed E-state index contributed by atoms with van der Waals surface area (Å²) in [6.07, 6.45) is -6.78. The second-order valence-corrected chi connectivity index (χ2v) is 2.53. The van der Waals surface area contributed by atoms with Gasteiger partial charge in [-0.05, 0) is 6.92 Å². The SMILES string of the molecule is C[C@H](O)[C@H](NC(=O)C(F)(F)F)C(=O)O. The monoisotopic (exact) mass is 215 g/mol. The predicted molar refractivity (Wildman–Crippen MR) is 37.3 cm³/mol. The average molecular weight is 215 g/mol. The Bertz CT molecular complexity index is 238. The van der Waals surface area contributed by atoms with Gasteiger partial charge in [0.2, 0.25) is 0 Å². The molecule has 0 aromatic carbocycles. The molecule has 0 radical (unpaired) electrons. The largest absolute Gasteiger partial charge is 0.480 e. The van der Waals surface area contributed by atoms with E-state index in [1.807, 2.05) is 0 Å². The van der Waals surface area contributed by atoms with Crippen LogP contribution in [-0.2, 0) is 9.59 Å². The Morgan fingerprint density at radius 2 is 1.79 bits per heavy atom. The number of aliphatic hydroxyl groups excluding tert-OH is 1. The van der Waals surface area contributed by atoms with Gasteiger partial charge in [0, 0.05) is 0 Å². The smallest absolute Gasteiger partial charge is 0.471 e. The zero-order valence-electron chi connectivity index (χ0n) is 7.00. The minimum atomic E-state index is -5.16. The molecule has 8 heteroatoms. The Morgan fingerprint density at radius 3 is 2.00 bits per heavy atom. The number of hydrogen-bond acceptors (Lipinski definition) is 3. The summed E-state index contributed by atoms with van der Waals surface area (Å²) < 4.78 is 34.9. The molecule has 0 bridgehead atoms. The van der Waals surface area contributed by atoms with Crippen LogP contribution in [0.15, 0.2) is 0 Å². The summed E-state index contributed by atoms with van der Waals surface area (Å²) >= 11 is 0. The van der Waals surface area contributed by atoms with Crippen LogP contribution in [0.1, 0.15) is 6.92 Å². The first-order valence-electron chi connectivity index (χ1n) is 3.45. The molecule has 0 aliphatic carbocycles. The second-order valence-electron chi connectivity index (χ2n) is 2.53. The van der Waals surface area contributed by atoms with Gasteiger partial charge >= 0.3 is 18.1 Å². The third-order valence-electron chi connectivity index (χ3n) is 1.29. The van der Waals surface area contributed by atoms with Crippen molar-refractivity contribution in [2.75, 3.05) is 0 Å². The molecule has 82 valence electrons. The normalized spacial score (nSPS) is 15.8. The molecule has 0 rings (SSSR count). The number of aliphatic hydroxyl groups is 1. The molecule has 0 unspecified atom stereocenters. The molecule has 0 saturated heterocycles. The third-order valence-corrected chi connectivity index (χ3v) is 1.29. The van der Waals surface area contributed by atoms with Gasteiger partial charge in [0.15, 0.2) is 6.04 Å². The lowest BCUT2D eigenvalue weighted by Gasteiger charge is -2.17. The van der Waals surface area contributed by atoms with E-state index >= 15 is 0 Å². The van der Waals surface area contributed by atoms with Crippen LogP contribution < -0.4 is 5.32 Å². The summed E-state index contributed by atoms with van der Waals surface area (Å²) in [4.78, 5) is 20.5. The van der Waals surface area contributed by atoms with Crippen molar-refractivity contribution < 1.29 is 33.0 Å². The Balaban J connectivity index is 4.48. The van der Waals surface area contributed by atoms with Crippen LogP contribution in [0, 0.1) is 0 Å². The average Bonchev–Trinajstić information content (AvgIpc) is 1.96. The van der Waals surface area contributed by atoms with Crippen LogP contribution >= 0.6 is 0 Å². The van der Waals surface area contributed by atoms with Crippen LogP contribution in [-0.4, -0.2) is 40.4 Å². The van der Waals surface area contributed by atoms with Crippen molar-refractivity contribution in [3.05, 3.63) is 0 Å². The van der Waals surface area contributed by atoms with E-state index < -0.39 is 30.2 Å². The number of alkyl halides is 3. The number of amides is 1. The molecule has 5 nitrogen and oxygen atoms in total. The molecule has 0 aliphatic rings. The van der Waals surface area contributed by atoms with Crippen molar-refractivity contribution in [3.63, 3.8) is 0 Å². The highest BCUT2D eigenvalue weighted by atomic mass is 19.4. The zero-order valence-corrected chi connectivity index (χ0v) is 7.00. The molecular weight excluding hydrogens is 207 g/mol. The van der Waals surface area contributed by atoms with Crippen LogP contribution in [0.25, 0.3) is 0 Å². The highest BCUT2D eigenvalue weighted by Gasteiger charge is 2.41. The zero-order chi connectivity index (χ0) is 11.5. The molecule has 14 heavy (non-hydrogen) atoms. The third kappa shape index (κ3) is 3.60. The van der Waals surface area contributed by atoms with Gasteiger partial charge in [-0.25, -0.2) is 4.79 Å². The number of nitrogens with one attached hydrogen (secondary N) is 1. The summed E-state index contributed by atoms with van der Waals surface area (Å²) in [5.41, 5.74) is 0. The maximum absolute atomic E-state index is 11.6. The van der Waals surface area contributed by atoms with E-state index in [1.165, 1.54) is 0 Å². The molecule has 2 atom stereocenters. The van der Waals surface area contributed by atoms with E-state index in [4.69, 9.17) is 10.2 Å². The summed E-state index contributed by atoms with van der Waals surface area (Å²) in [5.74, 6) is -4.14. The number of carbonyl (C=O) groups excluding carboxylic acids is 1. The molecular formula is C6H8F3NO4. The van der Waals surface area contributed by atoms with Gasteiger partial charge in [-0.15, -0.1) is 0 Å². The van der Waals surface area contributed by atoms with Crippen molar-refractivity contribution in [2.24, 2.45) is 0 Å². The van der Waals surface area contributed by atoms with Gasteiger partial charge in [-0.1, -0.05) is 0 Å². The highest BCUT2D eigenvalue weighted by molar-refractivity contribution is 5.87. The van der Waals surface area contributed by atoms with E-state index in [0.717, 1.165) is 12.2 Å². The maximum Gasteiger partial charge on any atom is 0.471 e. The van der Waals surface area contributed by atoms with Crippen molar-refractivity contribution in [1.29, 1.82) is 0 Å². The summed E-state index contributed by atoms with van der Waals surface area (Å²) in [6, 6.07) is -1.97. The summed E-state index contributed by atoms with van der Waals surface area (Å²) in [7, 11) is 0. The quantitative estimate of drug-likeness (QED) is 0.592. The number of aliphatic carboxylic acids is 1. The van der Waals surface area contributed by atoms with Gasteiger partial charge in [0.1, 0.15) is 0 Å². The number of carboxylic acid groups (broad SMARTS) is 1. The molecule has 1 amide bonds. The molecule has 0 fully saturated rings. The van der Waals surface area contributed by atoms with Crippen molar-refractivity contribution in [1.82, 2.24) is 5.32 Å². The van der Waals surface area contributed by atoms with Crippen LogP contribution in [0.4, 0.5) is 13.2 Å². The highest BCUT2D eigenvalue weighted by Crippen LogP contribution is 2.14. The lowest BCUT2D eigenvalue weighted by Crippen LogP contribution is -2.51. The Morgan fingerprint density at radius 1 is 1.36 bits per heavy atom. The van der Waals surface area contributed by atoms with Crippen LogP contribution in [0.5, 0.6) is 0 Å². The first kappa shape index (κ1) is 12.7. The number of hydrogen-bond donors (Lipinski definition) is 3. The van der Waals surface area contributed by atoms with Crippen molar-refractivity contribution in [3.8, 4) is 0 Å². The van der Waals surface area contributed by atoms with Gasteiger partial charge in [0.25, 0.3) is 0 Å². The van der Waals surface area contributed by atoms with Gasteiger partial charge in [-0.3, -0.25) is 4.79 Å². The molecule has 0 heterocycles. The van der Waals surface area contributed by atoms with Crippen LogP contribution in [0.3, 0.4) is 0 Å². The lowest BCUT2D eigenvalue weighted by molar-refractivity contribution is -0.176. The standard InChI is InChI=1S/C6H8F3NO4/c1-2(11)3(4(12)13)10-5(14)6(7,8)9/h2-3,11H,1H3,(H,10,14)(H,12,13)/t2-,3-/m0/s1. The summed E-state index contributed by atoms with van der Waals surface area (Å²) in [6.45, 7) is 0.954. The molecule has 0 aromatic rings. The fourth-order valence-corrected chi connectivity index (χ4v) is 0.612. The first-order chi connectivity index (χ1) is 6.16. The molecule has 0 aliphatic heterocycles. The van der Waals surface area contributed by atoms with E-state index in [2.05, 4.69) is 0 Å². The van der Waals surface area contributed by atoms with E-state index in [9.17, 15) is 22.8 Å². The molecule has 0 aromatic heterocycles. The molecule has 0 spiro atoms. The fourth-order valence-electron chi connectivity index (χ4n) is 0.612. The minimum Gasteiger partial charge on any atom is -0.480 e. The van der Waals surface area contributed by atoms with Crippen molar-refractivity contribution >= 4 is 11.9 Å². The van der Waals surface area contributed by atoms with Gasteiger partial charge < -0.3 is 15.5 Å². The predicted octanol–water partition coefficient (Wildman–Crippen LogP) is -0.501. The van der Waals surface area contributed by atoms with Crippen LogP contribution in [0.2, 0.25) is 0 Å². The number of carboxylic acids is 1. The van der Waals surface area contributed by atoms with E-state index in [-0.39, 0.29) is 0 Å². The van der Waals surface area contributed by atoms with E-state index in [0.29, 0.717) is 0 Å². The molecule has 0 saturated carbocycles. The minimum absolute atomic E-state index is 0.954. The van der Waals surface area contributed by atoms with E-state index in [1.54, 1.807) is 0 Å². The topological polar surface area (TPSA) is 86.6 Å². The Kier molecular flexibility index (Phi) is 3.87. The second kappa shape index (κ2) is 4.27. The summed E-state index contributed by atoms with van der Waals surface area (Å²) in [5, 5.41) is 18.2. The van der Waals surface area contributed by atoms with Gasteiger partial charge in [0.05, 0.1) is 6.10 Å². The van der Waals surface area contributed by atoms with Gasteiger partial charge in [-0.2, -0.15) is 13.2 Å². The lowest BCUT2D eigenvalue weighted by atomic mass is 10.2. The number of carbonyl (C=O) groups is 2. The number of rotatable bonds is 3. The maximum atomic E-state index is 11.6. The fraction of sp³-hybridized carbons (Fsp3) is 0.667. The Hall–Kier alpha value is -1.31. The number of halogens is 3. The first-order valence-corrected chi connectivity index (χ1v) is 3.45.